The van der Waals surface area contributed by atoms with Crippen LogP contribution in [-0.4, -0.2) is 57.3 Å². The number of fused-ring (bicyclic) bond motifs is 1. The highest BCUT2D eigenvalue weighted by atomic mass is 32.2. The van der Waals surface area contributed by atoms with E-state index in [4.69, 9.17) is 9.47 Å². The predicted octanol–water partition coefficient (Wildman–Crippen LogP) is 2.04. The molecule has 0 radical (unpaired) electrons. The third kappa shape index (κ3) is 5.95. The Morgan fingerprint density at radius 2 is 1.76 bits per heavy atom. The Bertz CT molecular complexity index is 1120. The van der Waals surface area contributed by atoms with E-state index in [1.807, 2.05) is 31.2 Å². The highest BCUT2D eigenvalue weighted by molar-refractivity contribution is 7.92. The molecule has 0 spiro atoms. The van der Waals surface area contributed by atoms with Crippen molar-refractivity contribution < 1.29 is 27.5 Å². The summed E-state index contributed by atoms with van der Waals surface area (Å²) < 4.78 is 36.8. The first kappa shape index (κ1) is 24.4. The molecule has 0 bridgehead atoms. The summed E-state index contributed by atoms with van der Waals surface area (Å²) in [6.07, 6.45) is 1.03. The second kappa shape index (κ2) is 10.1. The summed E-state index contributed by atoms with van der Waals surface area (Å²) in [5.74, 6) is 0.0922. The molecule has 2 aromatic carbocycles. The van der Waals surface area contributed by atoms with Gasteiger partial charge < -0.3 is 19.7 Å². The average Bonchev–Trinajstić information content (AvgIpc) is 3.23. The van der Waals surface area contributed by atoms with Gasteiger partial charge in [-0.1, -0.05) is 29.8 Å². The van der Waals surface area contributed by atoms with Gasteiger partial charge in [0, 0.05) is 19.2 Å². The lowest BCUT2D eigenvalue weighted by Crippen LogP contribution is -2.51. The fourth-order valence-corrected chi connectivity index (χ4v) is 4.29. The number of nitrogens with zero attached hydrogens (tertiary/aromatic N) is 2. The Morgan fingerprint density at radius 3 is 2.39 bits per heavy atom. The highest BCUT2D eigenvalue weighted by Gasteiger charge is 2.30. The van der Waals surface area contributed by atoms with Crippen LogP contribution in [0.5, 0.6) is 11.5 Å². The summed E-state index contributed by atoms with van der Waals surface area (Å²) in [6.45, 7) is 5.54. The summed E-state index contributed by atoms with van der Waals surface area (Å²) in [5, 5.41) is 2.72. The number of ether oxygens (including phenoxy) is 2. The van der Waals surface area contributed by atoms with Crippen molar-refractivity contribution in [1.29, 1.82) is 0 Å². The van der Waals surface area contributed by atoms with Gasteiger partial charge in [0.2, 0.25) is 28.6 Å². The van der Waals surface area contributed by atoms with E-state index in [1.165, 1.54) is 11.0 Å². The normalized spacial score (nSPS) is 13.3. The molecule has 0 saturated carbocycles. The minimum atomic E-state index is -3.81. The van der Waals surface area contributed by atoms with Crippen molar-refractivity contribution in [2.45, 2.75) is 33.4 Å². The molecule has 3 rings (SSSR count). The number of benzene rings is 2. The molecule has 1 aliphatic rings. The standard InChI is InChI=1S/C23H29N3O6S/c1-5-24-23(28)17(3)25(13-18-8-6-16(2)7-9-18)22(27)14-26(33(4,29)30)19-10-11-20-21(12-19)32-15-31-20/h6-12,17H,5,13-15H2,1-4H3,(H,24,28)/t17-/m1/s1. The van der Waals surface area contributed by atoms with E-state index in [0.717, 1.165) is 21.7 Å². The average molecular weight is 476 g/mol. The quantitative estimate of drug-likeness (QED) is 0.595. The third-order valence-corrected chi connectivity index (χ3v) is 6.46. The molecule has 0 aliphatic carbocycles. The summed E-state index contributed by atoms with van der Waals surface area (Å²) in [4.78, 5) is 27.3. The predicted molar refractivity (Wildman–Crippen MR) is 125 cm³/mol. The van der Waals surface area contributed by atoms with Gasteiger partial charge in [-0.05, 0) is 38.5 Å². The Balaban J connectivity index is 1.90. The zero-order valence-corrected chi connectivity index (χ0v) is 20.0. The lowest BCUT2D eigenvalue weighted by Gasteiger charge is -2.31. The first-order chi connectivity index (χ1) is 15.6. The second-order valence-electron chi connectivity index (χ2n) is 7.88. The molecule has 1 N–H and O–H groups in total. The number of rotatable bonds is 9. The topological polar surface area (TPSA) is 105 Å². The zero-order valence-electron chi connectivity index (χ0n) is 19.2. The molecule has 0 fully saturated rings. The van der Waals surface area contributed by atoms with Crippen LogP contribution in [-0.2, 0) is 26.2 Å². The number of anilines is 1. The van der Waals surface area contributed by atoms with E-state index in [0.29, 0.717) is 18.0 Å². The van der Waals surface area contributed by atoms with Crippen LogP contribution < -0.4 is 19.1 Å². The first-order valence-electron chi connectivity index (χ1n) is 10.6. The van der Waals surface area contributed by atoms with E-state index in [-0.39, 0.29) is 24.9 Å². The maximum Gasteiger partial charge on any atom is 0.244 e. The maximum absolute atomic E-state index is 13.4. The molecule has 2 aromatic rings. The van der Waals surface area contributed by atoms with Gasteiger partial charge in [-0.2, -0.15) is 0 Å². The van der Waals surface area contributed by atoms with Crippen molar-refractivity contribution in [3.05, 3.63) is 53.6 Å². The van der Waals surface area contributed by atoms with Gasteiger partial charge >= 0.3 is 0 Å². The van der Waals surface area contributed by atoms with Crippen LogP contribution in [0, 0.1) is 6.92 Å². The molecule has 0 aromatic heterocycles. The molecule has 0 saturated heterocycles. The molecule has 1 heterocycles. The van der Waals surface area contributed by atoms with Crippen molar-refractivity contribution >= 4 is 27.5 Å². The van der Waals surface area contributed by atoms with Gasteiger partial charge in [0.15, 0.2) is 11.5 Å². The van der Waals surface area contributed by atoms with Crippen molar-refractivity contribution in [2.75, 3.05) is 30.4 Å². The number of likely N-dealkylation sites (N-methyl/N-ethyl adjacent to an activating group) is 1. The van der Waals surface area contributed by atoms with Crippen LogP contribution in [0.4, 0.5) is 5.69 Å². The van der Waals surface area contributed by atoms with Crippen LogP contribution in [0.1, 0.15) is 25.0 Å². The third-order valence-electron chi connectivity index (χ3n) is 5.32. The summed E-state index contributed by atoms with van der Waals surface area (Å²) in [5.41, 5.74) is 2.18. The summed E-state index contributed by atoms with van der Waals surface area (Å²) in [7, 11) is -3.81. The number of amides is 2. The number of sulfonamides is 1. The molecule has 9 nitrogen and oxygen atoms in total. The van der Waals surface area contributed by atoms with Crippen LogP contribution in [0.2, 0.25) is 0 Å². The molecule has 178 valence electrons. The van der Waals surface area contributed by atoms with Crippen LogP contribution in [0.25, 0.3) is 0 Å². The number of hydrogen-bond acceptors (Lipinski definition) is 6. The van der Waals surface area contributed by atoms with Gasteiger partial charge in [-0.25, -0.2) is 8.42 Å². The fourth-order valence-electron chi connectivity index (χ4n) is 3.45. The molecule has 1 atom stereocenters. The summed E-state index contributed by atoms with van der Waals surface area (Å²) in [6, 6.07) is 11.5. The van der Waals surface area contributed by atoms with Crippen molar-refractivity contribution in [3.8, 4) is 11.5 Å². The van der Waals surface area contributed by atoms with Gasteiger partial charge in [0.25, 0.3) is 0 Å². The van der Waals surface area contributed by atoms with E-state index in [9.17, 15) is 18.0 Å². The van der Waals surface area contributed by atoms with Crippen molar-refractivity contribution in [1.82, 2.24) is 10.2 Å². The largest absolute Gasteiger partial charge is 0.454 e. The van der Waals surface area contributed by atoms with Crippen LogP contribution in [0.15, 0.2) is 42.5 Å². The Morgan fingerprint density at radius 1 is 1.09 bits per heavy atom. The molecule has 33 heavy (non-hydrogen) atoms. The first-order valence-corrected chi connectivity index (χ1v) is 12.4. The monoisotopic (exact) mass is 475 g/mol. The lowest BCUT2D eigenvalue weighted by molar-refractivity contribution is -0.139. The second-order valence-corrected chi connectivity index (χ2v) is 9.79. The molecule has 10 heteroatoms. The van der Waals surface area contributed by atoms with Gasteiger partial charge in [-0.15, -0.1) is 0 Å². The van der Waals surface area contributed by atoms with Crippen LogP contribution >= 0.6 is 0 Å². The molecule has 1 aliphatic heterocycles. The highest BCUT2D eigenvalue weighted by Crippen LogP contribution is 2.36. The molecule has 0 unspecified atom stereocenters. The number of carbonyl (C=O) groups is 2. The van der Waals surface area contributed by atoms with Crippen molar-refractivity contribution in [2.24, 2.45) is 0 Å². The molecule has 2 amide bonds. The smallest absolute Gasteiger partial charge is 0.244 e. The Hall–Kier alpha value is -3.27. The zero-order chi connectivity index (χ0) is 24.2. The Kier molecular flexibility index (Phi) is 7.47. The van der Waals surface area contributed by atoms with E-state index in [2.05, 4.69) is 5.32 Å². The SMILES string of the molecule is CCNC(=O)[C@@H](C)N(Cc1ccc(C)cc1)C(=O)CN(c1ccc2c(c1)OCO2)S(C)(=O)=O. The number of hydrogen-bond donors (Lipinski definition) is 1. The number of carbonyl (C=O) groups excluding carboxylic acids is 2. The fraction of sp³-hybridized carbons (Fsp3) is 0.391. The van der Waals surface area contributed by atoms with Gasteiger partial charge in [-0.3, -0.25) is 13.9 Å². The minimum absolute atomic E-state index is 0.0466. The van der Waals surface area contributed by atoms with E-state index >= 15 is 0 Å². The molecular weight excluding hydrogens is 446 g/mol. The summed E-state index contributed by atoms with van der Waals surface area (Å²) >= 11 is 0. The van der Waals surface area contributed by atoms with E-state index < -0.39 is 28.5 Å². The Labute approximate surface area is 194 Å². The van der Waals surface area contributed by atoms with Gasteiger partial charge in [0.1, 0.15) is 12.6 Å². The number of aryl methyl sites for hydroxylation is 1. The van der Waals surface area contributed by atoms with Gasteiger partial charge in [0.05, 0.1) is 11.9 Å². The lowest BCUT2D eigenvalue weighted by atomic mass is 10.1. The molecular formula is C23H29N3O6S. The maximum atomic E-state index is 13.4. The van der Waals surface area contributed by atoms with Crippen LogP contribution in [0.3, 0.4) is 0 Å². The van der Waals surface area contributed by atoms with Crippen molar-refractivity contribution in [3.63, 3.8) is 0 Å². The number of nitrogens with one attached hydrogen (secondary N) is 1. The minimum Gasteiger partial charge on any atom is -0.454 e. The van der Waals surface area contributed by atoms with E-state index in [1.54, 1.807) is 26.0 Å².